The summed E-state index contributed by atoms with van der Waals surface area (Å²) in [4.78, 5) is 14.6. The van der Waals surface area contributed by atoms with Gasteiger partial charge in [-0.25, -0.2) is 0 Å². The molecule has 3 nitrogen and oxygen atoms in total. The number of amides is 1. The first-order chi connectivity index (χ1) is 11.1. The van der Waals surface area contributed by atoms with E-state index in [4.69, 9.17) is 0 Å². The lowest BCUT2D eigenvalue weighted by atomic mass is 10.1. The second kappa shape index (κ2) is 6.86. The van der Waals surface area contributed by atoms with Crippen molar-refractivity contribution in [3.05, 3.63) is 65.2 Å². The summed E-state index contributed by atoms with van der Waals surface area (Å²) in [6.07, 6.45) is 1.13. The molecule has 1 saturated heterocycles. The highest BCUT2D eigenvalue weighted by Gasteiger charge is 2.23. The number of nitrogens with one attached hydrogen (secondary N) is 1. The number of rotatable bonds is 4. The number of carbonyl (C=O) groups excluding carboxylic acids is 1. The van der Waals surface area contributed by atoms with E-state index >= 15 is 0 Å². The summed E-state index contributed by atoms with van der Waals surface area (Å²) in [5.74, 6) is 0.548. The van der Waals surface area contributed by atoms with Crippen LogP contribution >= 0.6 is 0 Å². The van der Waals surface area contributed by atoms with Crippen molar-refractivity contribution in [2.75, 3.05) is 24.5 Å². The third-order valence-corrected chi connectivity index (χ3v) is 4.48. The first-order valence-corrected chi connectivity index (χ1v) is 8.28. The Hall–Kier alpha value is -2.29. The average Bonchev–Trinajstić information content (AvgIpc) is 3.01. The van der Waals surface area contributed by atoms with Gasteiger partial charge in [0.1, 0.15) is 0 Å². The van der Waals surface area contributed by atoms with E-state index in [9.17, 15) is 4.79 Å². The minimum Gasteiger partial charge on any atom is -0.371 e. The molecule has 0 radical (unpaired) electrons. The van der Waals surface area contributed by atoms with Crippen LogP contribution in [-0.2, 0) is 0 Å². The SMILES string of the molecule is Cc1cccc(C(=O)NCC2CCN(c3cccc(C)c3)C2)c1. The molecule has 1 aliphatic rings. The molecule has 0 saturated carbocycles. The molecule has 0 aliphatic carbocycles. The third-order valence-electron chi connectivity index (χ3n) is 4.48. The number of hydrogen-bond acceptors (Lipinski definition) is 2. The maximum absolute atomic E-state index is 12.2. The molecule has 1 N–H and O–H groups in total. The monoisotopic (exact) mass is 308 g/mol. The van der Waals surface area contributed by atoms with E-state index in [0.29, 0.717) is 5.92 Å². The predicted octanol–water partition coefficient (Wildman–Crippen LogP) is 3.56. The van der Waals surface area contributed by atoms with Crippen molar-refractivity contribution < 1.29 is 4.79 Å². The molecule has 0 aromatic heterocycles. The molecular formula is C20H24N2O. The summed E-state index contributed by atoms with van der Waals surface area (Å²) < 4.78 is 0. The Kier molecular flexibility index (Phi) is 4.65. The van der Waals surface area contributed by atoms with E-state index in [0.717, 1.165) is 37.2 Å². The summed E-state index contributed by atoms with van der Waals surface area (Å²) >= 11 is 0. The van der Waals surface area contributed by atoms with Gasteiger partial charge in [0.05, 0.1) is 0 Å². The number of nitrogens with zero attached hydrogens (tertiary/aromatic N) is 1. The summed E-state index contributed by atoms with van der Waals surface area (Å²) in [5.41, 5.74) is 4.44. The summed E-state index contributed by atoms with van der Waals surface area (Å²) in [5, 5.41) is 3.09. The Morgan fingerprint density at radius 1 is 1.13 bits per heavy atom. The summed E-state index contributed by atoms with van der Waals surface area (Å²) in [6, 6.07) is 16.4. The van der Waals surface area contributed by atoms with Crippen LogP contribution in [0, 0.1) is 19.8 Å². The molecule has 1 amide bonds. The average molecular weight is 308 g/mol. The van der Waals surface area contributed by atoms with Crippen LogP contribution in [-0.4, -0.2) is 25.5 Å². The lowest BCUT2D eigenvalue weighted by molar-refractivity contribution is 0.0948. The highest BCUT2D eigenvalue weighted by molar-refractivity contribution is 5.94. The zero-order valence-electron chi connectivity index (χ0n) is 13.9. The highest BCUT2D eigenvalue weighted by atomic mass is 16.1. The predicted molar refractivity (Wildman–Crippen MR) is 95.0 cm³/mol. The molecule has 3 heteroatoms. The van der Waals surface area contributed by atoms with E-state index in [-0.39, 0.29) is 5.91 Å². The molecule has 0 bridgehead atoms. The molecule has 120 valence electrons. The Bertz CT molecular complexity index is 696. The minimum absolute atomic E-state index is 0.0303. The fourth-order valence-corrected chi connectivity index (χ4v) is 3.18. The molecule has 3 rings (SSSR count). The number of carbonyl (C=O) groups is 1. The van der Waals surface area contributed by atoms with Gasteiger partial charge in [-0.3, -0.25) is 4.79 Å². The van der Waals surface area contributed by atoms with Gasteiger partial charge < -0.3 is 10.2 Å². The molecule has 1 heterocycles. The van der Waals surface area contributed by atoms with Gasteiger partial charge in [-0.2, -0.15) is 0 Å². The van der Waals surface area contributed by atoms with Crippen molar-refractivity contribution >= 4 is 11.6 Å². The standard InChI is InChI=1S/C20H24N2O/c1-15-5-3-7-18(11-15)20(23)21-13-17-9-10-22(14-17)19-8-4-6-16(2)12-19/h3-8,11-12,17H,9-10,13-14H2,1-2H3,(H,21,23). The van der Waals surface area contributed by atoms with Crippen molar-refractivity contribution in [2.45, 2.75) is 20.3 Å². The van der Waals surface area contributed by atoms with Gasteiger partial charge in [0.25, 0.3) is 5.91 Å². The van der Waals surface area contributed by atoms with Crippen molar-refractivity contribution in [1.29, 1.82) is 0 Å². The molecule has 1 aliphatic heterocycles. The smallest absolute Gasteiger partial charge is 0.251 e. The van der Waals surface area contributed by atoms with Gasteiger partial charge in [-0.05, 0) is 56.0 Å². The van der Waals surface area contributed by atoms with Crippen LogP contribution in [0.15, 0.2) is 48.5 Å². The second-order valence-electron chi connectivity index (χ2n) is 6.52. The van der Waals surface area contributed by atoms with E-state index in [2.05, 4.69) is 41.4 Å². The normalized spacial score (nSPS) is 17.3. The number of aryl methyl sites for hydroxylation is 2. The van der Waals surface area contributed by atoms with Gasteiger partial charge in [0.15, 0.2) is 0 Å². The number of anilines is 1. The molecule has 1 atom stereocenters. The van der Waals surface area contributed by atoms with Crippen molar-refractivity contribution in [2.24, 2.45) is 5.92 Å². The maximum atomic E-state index is 12.2. The third kappa shape index (κ3) is 3.92. The van der Waals surface area contributed by atoms with Crippen LogP contribution in [0.5, 0.6) is 0 Å². The molecule has 23 heavy (non-hydrogen) atoms. The van der Waals surface area contributed by atoms with E-state index < -0.39 is 0 Å². The topological polar surface area (TPSA) is 32.3 Å². The van der Waals surface area contributed by atoms with Crippen LogP contribution in [0.25, 0.3) is 0 Å². The zero-order valence-corrected chi connectivity index (χ0v) is 13.9. The minimum atomic E-state index is 0.0303. The van der Waals surface area contributed by atoms with Gasteiger partial charge in [-0.15, -0.1) is 0 Å². The first kappa shape index (κ1) is 15.6. The van der Waals surface area contributed by atoms with Crippen LogP contribution in [0.2, 0.25) is 0 Å². The molecule has 2 aromatic carbocycles. The molecular weight excluding hydrogens is 284 g/mol. The largest absolute Gasteiger partial charge is 0.371 e. The van der Waals surface area contributed by atoms with Crippen LogP contribution in [0.3, 0.4) is 0 Å². The fourth-order valence-electron chi connectivity index (χ4n) is 3.18. The quantitative estimate of drug-likeness (QED) is 0.936. The van der Waals surface area contributed by atoms with E-state index in [1.165, 1.54) is 11.3 Å². The highest BCUT2D eigenvalue weighted by Crippen LogP contribution is 2.24. The first-order valence-electron chi connectivity index (χ1n) is 8.28. The van der Waals surface area contributed by atoms with Gasteiger partial charge in [0.2, 0.25) is 0 Å². The van der Waals surface area contributed by atoms with Crippen molar-refractivity contribution in [3.63, 3.8) is 0 Å². The van der Waals surface area contributed by atoms with Crippen LogP contribution < -0.4 is 10.2 Å². The molecule has 2 aromatic rings. The molecule has 1 fully saturated rings. The molecule has 1 unspecified atom stereocenters. The molecule has 0 spiro atoms. The number of benzene rings is 2. The maximum Gasteiger partial charge on any atom is 0.251 e. The van der Waals surface area contributed by atoms with Crippen LogP contribution in [0.1, 0.15) is 27.9 Å². The van der Waals surface area contributed by atoms with E-state index in [1.54, 1.807) is 0 Å². The van der Waals surface area contributed by atoms with Gasteiger partial charge in [0, 0.05) is 30.9 Å². The lowest BCUT2D eigenvalue weighted by Gasteiger charge is -2.19. The van der Waals surface area contributed by atoms with Gasteiger partial charge >= 0.3 is 0 Å². The zero-order chi connectivity index (χ0) is 16.2. The summed E-state index contributed by atoms with van der Waals surface area (Å²) in [7, 11) is 0. The second-order valence-corrected chi connectivity index (χ2v) is 6.52. The Morgan fingerprint density at radius 3 is 2.61 bits per heavy atom. The fraction of sp³-hybridized carbons (Fsp3) is 0.350. The Morgan fingerprint density at radius 2 is 1.87 bits per heavy atom. The lowest BCUT2D eigenvalue weighted by Crippen LogP contribution is -2.31. The number of hydrogen-bond donors (Lipinski definition) is 1. The van der Waals surface area contributed by atoms with Gasteiger partial charge in [-0.1, -0.05) is 29.8 Å². The Balaban J connectivity index is 1.53. The van der Waals surface area contributed by atoms with Crippen molar-refractivity contribution in [1.82, 2.24) is 5.32 Å². The van der Waals surface area contributed by atoms with E-state index in [1.807, 2.05) is 31.2 Å². The van der Waals surface area contributed by atoms with Crippen molar-refractivity contribution in [3.8, 4) is 0 Å². The Labute approximate surface area is 138 Å². The summed E-state index contributed by atoms with van der Waals surface area (Å²) in [6.45, 7) is 6.95. The van der Waals surface area contributed by atoms with Crippen LogP contribution in [0.4, 0.5) is 5.69 Å².